The van der Waals surface area contributed by atoms with Gasteiger partial charge in [0, 0.05) is 12.5 Å². The third-order valence-corrected chi connectivity index (χ3v) is 4.21. The molecular weight excluding hydrogens is 335 g/mol. The molecule has 0 saturated heterocycles. The van der Waals surface area contributed by atoms with Crippen molar-refractivity contribution < 1.29 is 39.5 Å². The van der Waals surface area contributed by atoms with Crippen LogP contribution >= 0.6 is 0 Å². The summed E-state index contributed by atoms with van der Waals surface area (Å²) < 4.78 is 0. The zero-order valence-corrected chi connectivity index (χ0v) is 19.3. The predicted molar refractivity (Wildman–Crippen MR) is 106 cm³/mol. The van der Waals surface area contributed by atoms with Gasteiger partial charge in [-0.1, -0.05) is 70.4 Å². The van der Waals surface area contributed by atoms with Crippen LogP contribution in [0.2, 0.25) is 0 Å². The molecule has 1 heterocycles. The van der Waals surface area contributed by atoms with E-state index < -0.39 is 5.97 Å². The summed E-state index contributed by atoms with van der Waals surface area (Å²) in [6, 6.07) is 0. The molecule has 0 aromatic heterocycles. The van der Waals surface area contributed by atoms with Crippen molar-refractivity contribution in [3.8, 4) is 0 Å². The zero-order valence-electron chi connectivity index (χ0n) is 17.3. The van der Waals surface area contributed by atoms with Gasteiger partial charge in [-0.25, -0.2) is 0 Å². The predicted octanol–water partition coefficient (Wildman–Crippen LogP) is 1.40. The molecule has 1 aliphatic heterocycles. The molecule has 0 fully saturated rings. The Bertz CT molecular complexity index is 341. The average molecular weight is 375 g/mol. The minimum absolute atomic E-state index is 0. The van der Waals surface area contributed by atoms with Gasteiger partial charge in [0.2, 0.25) is 0 Å². The Balaban J connectivity index is 0. The number of nitrogens with one attached hydrogen (secondary N) is 1. The number of hydrogen-bond donors (Lipinski definition) is 1. The van der Waals surface area contributed by atoms with Crippen molar-refractivity contribution in [2.75, 3.05) is 13.1 Å². The van der Waals surface area contributed by atoms with Gasteiger partial charge in [0.15, 0.2) is 0 Å². The zero-order chi connectivity index (χ0) is 18.4. The summed E-state index contributed by atoms with van der Waals surface area (Å²) in [4.78, 5) is 14.1. The van der Waals surface area contributed by atoms with Crippen molar-refractivity contribution in [1.82, 2.24) is 5.32 Å². The van der Waals surface area contributed by atoms with E-state index in [0.717, 1.165) is 32.4 Å². The largest absolute Gasteiger partial charge is 1.00 e. The summed E-state index contributed by atoms with van der Waals surface area (Å²) in [7, 11) is 0. The maximum atomic E-state index is 10.2. The Labute approximate surface area is 183 Å². The molecule has 0 aliphatic carbocycles. The SMILES string of the molecule is C1=NCCN1.CCCCCCCC/C=C\CCCCCCCC(=O)[O-].[Na+]. The number of hydrogen-bond acceptors (Lipinski definition) is 4. The molecule has 0 unspecified atom stereocenters. The summed E-state index contributed by atoms with van der Waals surface area (Å²) in [5.41, 5.74) is 0. The second-order valence-electron chi connectivity index (χ2n) is 6.70. The van der Waals surface area contributed by atoms with Crippen LogP contribution in [0, 0.1) is 0 Å². The number of nitrogens with zero attached hydrogens (tertiary/aromatic N) is 1. The number of aliphatic carboxylic acids is 1. The van der Waals surface area contributed by atoms with E-state index in [1.165, 1.54) is 64.2 Å². The van der Waals surface area contributed by atoms with Crippen molar-refractivity contribution in [3.05, 3.63) is 12.2 Å². The van der Waals surface area contributed by atoms with Gasteiger partial charge in [-0.3, -0.25) is 4.99 Å². The van der Waals surface area contributed by atoms with Gasteiger partial charge < -0.3 is 15.2 Å². The maximum Gasteiger partial charge on any atom is 1.00 e. The molecule has 146 valence electrons. The third kappa shape index (κ3) is 25.9. The van der Waals surface area contributed by atoms with Gasteiger partial charge in [0.1, 0.15) is 0 Å². The first kappa shape index (κ1) is 27.9. The standard InChI is InChI=1S/C18H34O2.C3H6N2.Na/c1-2-3-4-5-6-7-8-9-10-11-12-13-14-15-16-17-18(19)20;1-2-5-3-4-1;/h9-10H,2-8,11-17H2,1H3,(H,19,20);3H,1-2H2,(H,4,5);/q;;+1/p-1/b10-9-;;. The molecule has 1 rings (SSSR count). The Morgan fingerprint density at radius 3 is 1.92 bits per heavy atom. The molecule has 0 aromatic rings. The van der Waals surface area contributed by atoms with E-state index >= 15 is 0 Å². The maximum absolute atomic E-state index is 10.2. The minimum atomic E-state index is -0.914. The van der Waals surface area contributed by atoms with Crippen LogP contribution in [-0.4, -0.2) is 25.4 Å². The van der Waals surface area contributed by atoms with E-state index in [2.05, 4.69) is 29.4 Å². The normalized spacial score (nSPS) is 12.3. The topological polar surface area (TPSA) is 64.5 Å². The van der Waals surface area contributed by atoms with Crippen molar-refractivity contribution >= 4 is 12.3 Å². The van der Waals surface area contributed by atoms with Crippen LogP contribution in [0.5, 0.6) is 0 Å². The first-order chi connectivity index (χ1) is 12.3. The number of carbonyl (C=O) groups is 1. The number of allylic oxidation sites excluding steroid dienone is 2. The number of aliphatic imine (C=N–C) groups is 1. The van der Waals surface area contributed by atoms with Gasteiger partial charge in [0.25, 0.3) is 0 Å². The van der Waals surface area contributed by atoms with Gasteiger partial charge in [0.05, 0.1) is 12.9 Å². The van der Waals surface area contributed by atoms with E-state index in [1.807, 2.05) is 0 Å². The summed E-state index contributed by atoms with van der Waals surface area (Å²) in [5, 5.41) is 13.1. The first-order valence-corrected chi connectivity index (χ1v) is 10.3. The van der Waals surface area contributed by atoms with Crippen LogP contribution in [0.15, 0.2) is 17.1 Å². The number of unbranched alkanes of at least 4 members (excludes halogenated alkanes) is 11. The molecule has 0 saturated carbocycles. The Morgan fingerprint density at radius 2 is 1.50 bits per heavy atom. The van der Waals surface area contributed by atoms with Crippen molar-refractivity contribution in [3.63, 3.8) is 0 Å². The second kappa shape index (κ2) is 24.7. The van der Waals surface area contributed by atoms with Crippen LogP contribution in [0.25, 0.3) is 0 Å². The Kier molecular flexibility index (Phi) is 26.5. The van der Waals surface area contributed by atoms with Crippen molar-refractivity contribution in [2.24, 2.45) is 4.99 Å². The van der Waals surface area contributed by atoms with Gasteiger partial charge in [-0.05, 0) is 38.5 Å². The van der Waals surface area contributed by atoms with Crippen LogP contribution in [0.4, 0.5) is 0 Å². The summed E-state index contributed by atoms with van der Waals surface area (Å²) in [5.74, 6) is -0.914. The molecule has 0 atom stereocenters. The minimum Gasteiger partial charge on any atom is -0.550 e. The molecule has 0 radical (unpaired) electrons. The van der Waals surface area contributed by atoms with Crippen molar-refractivity contribution in [1.29, 1.82) is 0 Å². The smallest absolute Gasteiger partial charge is 0.550 e. The van der Waals surface area contributed by atoms with E-state index in [0.29, 0.717) is 0 Å². The molecule has 5 heteroatoms. The third-order valence-electron chi connectivity index (χ3n) is 4.21. The number of carboxylic acids is 1. The van der Waals surface area contributed by atoms with Crippen LogP contribution < -0.4 is 40.0 Å². The molecule has 0 bridgehead atoms. The van der Waals surface area contributed by atoms with Crippen LogP contribution in [-0.2, 0) is 4.79 Å². The van der Waals surface area contributed by atoms with Crippen LogP contribution in [0.3, 0.4) is 0 Å². The average Bonchev–Trinajstić information content (AvgIpc) is 3.18. The monoisotopic (exact) mass is 374 g/mol. The summed E-state index contributed by atoms with van der Waals surface area (Å²) in [6.45, 7) is 4.24. The van der Waals surface area contributed by atoms with Crippen molar-refractivity contribution in [2.45, 2.75) is 96.8 Å². The first-order valence-electron chi connectivity index (χ1n) is 10.3. The fourth-order valence-electron chi connectivity index (χ4n) is 2.66. The molecule has 1 aliphatic rings. The molecule has 4 nitrogen and oxygen atoms in total. The molecule has 26 heavy (non-hydrogen) atoms. The Morgan fingerprint density at radius 1 is 0.962 bits per heavy atom. The van der Waals surface area contributed by atoms with E-state index in [1.54, 1.807) is 6.34 Å². The summed E-state index contributed by atoms with van der Waals surface area (Å²) in [6.07, 6.45) is 22.6. The van der Waals surface area contributed by atoms with Gasteiger partial charge >= 0.3 is 29.6 Å². The molecule has 0 amide bonds. The number of carbonyl (C=O) groups excluding carboxylic acids is 1. The molecule has 1 N–H and O–H groups in total. The fourth-order valence-corrected chi connectivity index (χ4v) is 2.66. The molecule has 0 spiro atoms. The Hall–Kier alpha value is -0.320. The number of carboxylic acid groups (broad SMARTS) is 1. The molecular formula is C21H39N2NaO2. The van der Waals surface area contributed by atoms with E-state index in [9.17, 15) is 9.90 Å². The number of rotatable bonds is 15. The fraction of sp³-hybridized carbons (Fsp3) is 0.810. The molecule has 0 aromatic carbocycles. The van der Waals surface area contributed by atoms with Crippen LogP contribution in [0.1, 0.15) is 96.8 Å². The van der Waals surface area contributed by atoms with E-state index in [-0.39, 0.29) is 36.0 Å². The summed E-state index contributed by atoms with van der Waals surface area (Å²) >= 11 is 0. The van der Waals surface area contributed by atoms with Gasteiger partial charge in [-0.2, -0.15) is 0 Å². The van der Waals surface area contributed by atoms with Gasteiger partial charge in [-0.15, -0.1) is 0 Å². The second-order valence-corrected chi connectivity index (χ2v) is 6.70. The quantitative estimate of drug-likeness (QED) is 0.268. The van der Waals surface area contributed by atoms with E-state index in [4.69, 9.17) is 0 Å².